The molecule has 3 aromatic heterocycles. The van der Waals surface area contributed by atoms with Crippen LogP contribution in [-0.2, 0) is 16.8 Å². The van der Waals surface area contributed by atoms with Crippen molar-refractivity contribution in [3.05, 3.63) is 36.3 Å². The van der Waals surface area contributed by atoms with Gasteiger partial charge in [0.25, 0.3) is 0 Å². The molecule has 1 amide bonds. The molecule has 0 aliphatic carbocycles. The minimum atomic E-state index is 0.0295. The molecule has 1 saturated heterocycles. The van der Waals surface area contributed by atoms with E-state index in [1.807, 2.05) is 23.4 Å². The molecule has 128 valence electrons. The number of hydrogen-bond donors (Lipinski definition) is 2. The summed E-state index contributed by atoms with van der Waals surface area (Å²) in [6.07, 6.45) is 5.78. The summed E-state index contributed by atoms with van der Waals surface area (Å²) in [7, 11) is 0. The van der Waals surface area contributed by atoms with E-state index < -0.39 is 0 Å². The second kappa shape index (κ2) is 5.16. The molecule has 3 aromatic rings. The summed E-state index contributed by atoms with van der Waals surface area (Å²) >= 11 is 0. The number of nitrogens with one attached hydrogen (secondary N) is 1. The molecule has 0 bridgehead atoms. The van der Waals surface area contributed by atoms with Crippen LogP contribution in [0.25, 0.3) is 22.3 Å². The number of H-pyrrole nitrogens is 1. The Hall–Kier alpha value is -2.67. The van der Waals surface area contributed by atoms with Crippen molar-refractivity contribution in [2.24, 2.45) is 5.73 Å². The molecule has 5 rings (SSSR count). The van der Waals surface area contributed by atoms with Crippen molar-refractivity contribution in [3.8, 4) is 11.3 Å². The number of nitrogens with two attached hydrogens (primary N) is 1. The number of nitrogens with zero attached hydrogens (tertiary/aromatic N) is 4. The third-order valence-electron chi connectivity index (χ3n) is 5.70. The van der Waals surface area contributed by atoms with Gasteiger partial charge < -0.3 is 15.6 Å². The largest absolute Gasteiger partial charge is 0.346 e. The summed E-state index contributed by atoms with van der Waals surface area (Å²) in [6, 6.07) is 6.31. The Balaban J connectivity index is 1.50. The Morgan fingerprint density at radius 3 is 3.08 bits per heavy atom. The molecule has 2 aliphatic rings. The Labute approximate surface area is 144 Å². The average Bonchev–Trinajstić information content (AvgIpc) is 3.39. The van der Waals surface area contributed by atoms with Crippen molar-refractivity contribution in [2.45, 2.75) is 24.8 Å². The maximum Gasteiger partial charge on any atom is 0.236 e. The normalized spacial score (nSPS) is 22.2. The third-order valence-corrected chi connectivity index (χ3v) is 5.70. The van der Waals surface area contributed by atoms with Crippen LogP contribution in [0.1, 0.15) is 18.5 Å². The second-order valence-electron chi connectivity index (χ2n) is 7.08. The zero-order chi connectivity index (χ0) is 17.0. The molecule has 5 heterocycles. The second-order valence-corrected chi connectivity index (χ2v) is 7.08. The number of aromatic nitrogens is 4. The van der Waals surface area contributed by atoms with Crippen LogP contribution in [0.2, 0.25) is 0 Å². The fraction of sp³-hybridized carbons (Fsp3) is 0.389. The fourth-order valence-electron chi connectivity index (χ4n) is 4.31. The van der Waals surface area contributed by atoms with Gasteiger partial charge in [0, 0.05) is 54.1 Å². The molecule has 3 N–H and O–H groups in total. The van der Waals surface area contributed by atoms with E-state index >= 15 is 0 Å². The van der Waals surface area contributed by atoms with E-state index in [9.17, 15) is 4.79 Å². The molecular weight excluding hydrogens is 316 g/mol. The van der Waals surface area contributed by atoms with Gasteiger partial charge in [0.05, 0.1) is 12.2 Å². The molecule has 1 spiro atoms. The fourth-order valence-corrected chi connectivity index (χ4v) is 4.31. The predicted octanol–water partition coefficient (Wildman–Crippen LogP) is 1.26. The molecule has 25 heavy (non-hydrogen) atoms. The molecule has 2 aliphatic heterocycles. The summed E-state index contributed by atoms with van der Waals surface area (Å²) in [5, 5.41) is 5.88. The molecule has 7 heteroatoms. The number of amides is 1. The number of likely N-dealkylation sites (tertiary alicyclic amines) is 1. The standard InChI is InChI=1S/C18H20N6O/c19-9-16(25)23-5-2-18(11-23)3-6-24-15(18)8-14(22-24)13-7-12-1-4-20-17(12)21-10-13/h1,4,7-8,10H,2-3,5-6,9,11,19H2,(H,20,21). The van der Waals surface area contributed by atoms with Gasteiger partial charge in [-0.15, -0.1) is 0 Å². The lowest BCUT2D eigenvalue weighted by atomic mass is 9.82. The number of fused-ring (bicyclic) bond motifs is 3. The number of carbonyl (C=O) groups is 1. The lowest BCUT2D eigenvalue weighted by Gasteiger charge is -2.23. The van der Waals surface area contributed by atoms with Gasteiger partial charge in [0.2, 0.25) is 5.91 Å². The first-order chi connectivity index (χ1) is 12.2. The van der Waals surface area contributed by atoms with Gasteiger partial charge in [-0.2, -0.15) is 5.10 Å². The van der Waals surface area contributed by atoms with Crippen LogP contribution in [0.5, 0.6) is 0 Å². The lowest BCUT2D eigenvalue weighted by Crippen LogP contribution is -2.37. The smallest absolute Gasteiger partial charge is 0.236 e. The molecule has 7 nitrogen and oxygen atoms in total. The summed E-state index contributed by atoms with van der Waals surface area (Å²) in [6.45, 7) is 2.53. The van der Waals surface area contributed by atoms with Gasteiger partial charge in [-0.05, 0) is 31.0 Å². The van der Waals surface area contributed by atoms with Gasteiger partial charge in [-0.1, -0.05) is 0 Å². The van der Waals surface area contributed by atoms with E-state index in [0.717, 1.165) is 54.8 Å². The zero-order valence-corrected chi connectivity index (χ0v) is 13.9. The Bertz CT molecular complexity index is 973. The highest BCUT2D eigenvalue weighted by Crippen LogP contribution is 2.43. The summed E-state index contributed by atoms with van der Waals surface area (Å²) < 4.78 is 2.10. The number of pyridine rings is 1. The van der Waals surface area contributed by atoms with Crippen molar-refractivity contribution in [2.75, 3.05) is 19.6 Å². The van der Waals surface area contributed by atoms with Gasteiger partial charge in [-0.25, -0.2) is 4.98 Å². The Morgan fingerprint density at radius 1 is 1.32 bits per heavy atom. The van der Waals surface area contributed by atoms with Crippen molar-refractivity contribution in [1.29, 1.82) is 0 Å². The van der Waals surface area contributed by atoms with Crippen molar-refractivity contribution >= 4 is 16.9 Å². The first-order valence-electron chi connectivity index (χ1n) is 8.68. The molecule has 1 fully saturated rings. The average molecular weight is 336 g/mol. The van der Waals surface area contributed by atoms with E-state index in [1.54, 1.807) is 0 Å². The predicted molar refractivity (Wildman–Crippen MR) is 93.9 cm³/mol. The third kappa shape index (κ3) is 2.12. The molecular formula is C18H20N6O. The van der Waals surface area contributed by atoms with E-state index in [0.29, 0.717) is 0 Å². The van der Waals surface area contributed by atoms with E-state index in [-0.39, 0.29) is 17.9 Å². The first-order valence-corrected chi connectivity index (χ1v) is 8.68. The molecule has 0 aromatic carbocycles. The molecule has 1 atom stereocenters. The topological polar surface area (TPSA) is 92.8 Å². The van der Waals surface area contributed by atoms with Crippen molar-refractivity contribution < 1.29 is 4.79 Å². The highest BCUT2D eigenvalue weighted by atomic mass is 16.2. The number of aryl methyl sites for hydroxylation is 1. The monoisotopic (exact) mass is 336 g/mol. The quantitative estimate of drug-likeness (QED) is 0.737. The van der Waals surface area contributed by atoms with Crippen molar-refractivity contribution in [1.82, 2.24) is 24.6 Å². The molecule has 0 radical (unpaired) electrons. The number of aromatic amines is 1. The zero-order valence-electron chi connectivity index (χ0n) is 13.9. The minimum Gasteiger partial charge on any atom is -0.346 e. The summed E-state index contributed by atoms with van der Waals surface area (Å²) in [5.41, 5.74) is 9.67. The number of rotatable bonds is 2. The van der Waals surface area contributed by atoms with Gasteiger partial charge in [0.1, 0.15) is 5.65 Å². The lowest BCUT2D eigenvalue weighted by molar-refractivity contribution is -0.128. The van der Waals surface area contributed by atoms with Crippen LogP contribution < -0.4 is 5.73 Å². The van der Waals surface area contributed by atoms with Crippen molar-refractivity contribution in [3.63, 3.8) is 0 Å². The van der Waals surface area contributed by atoms with E-state index in [1.165, 1.54) is 5.69 Å². The maximum atomic E-state index is 12.0. The summed E-state index contributed by atoms with van der Waals surface area (Å²) in [5.74, 6) is 0.0390. The van der Waals surface area contributed by atoms with Crippen LogP contribution >= 0.6 is 0 Å². The summed E-state index contributed by atoms with van der Waals surface area (Å²) in [4.78, 5) is 21.4. The molecule has 1 unspecified atom stereocenters. The van der Waals surface area contributed by atoms with E-state index in [2.05, 4.69) is 26.8 Å². The van der Waals surface area contributed by atoms with Gasteiger partial charge in [0.15, 0.2) is 0 Å². The number of hydrogen-bond acceptors (Lipinski definition) is 4. The van der Waals surface area contributed by atoms with Crippen LogP contribution in [0.3, 0.4) is 0 Å². The maximum absolute atomic E-state index is 12.0. The van der Waals surface area contributed by atoms with Crippen LogP contribution in [0.15, 0.2) is 30.6 Å². The Morgan fingerprint density at radius 2 is 2.20 bits per heavy atom. The van der Waals surface area contributed by atoms with Gasteiger partial charge in [-0.3, -0.25) is 9.48 Å². The van der Waals surface area contributed by atoms with Crippen LogP contribution in [0.4, 0.5) is 0 Å². The number of carbonyl (C=O) groups excluding carboxylic acids is 1. The first kappa shape index (κ1) is 14.7. The van der Waals surface area contributed by atoms with E-state index in [4.69, 9.17) is 10.8 Å². The van der Waals surface area contributed by atoms with Gasteiger partial charge >= 0.3 is 0 Å². The minimum absolute atomic E-state index is 0.0295. The Kier molecular flexibility index (Phi) is 3.03. The highest BCUT2D eigenvalue weighted by Gasteiger charge is 2.46. The molecule has 0 saturated carbocycles. The van der Waals surface area contributed by atoms with Crippen LogP contribution in [-0.4, -0.2) is 50.2 Å². The SMILES string of the molecule is NCC(=O)N1CCC2(CCn3nc(-c4cnc5[nH]ccc5c4)cc32)C1. The highest BCUT2D eigenvalue weighted by molar-refractivity contribution is 5.81. The van der Waals surface area contributed by atoms with Crippen LogP contribution in [0, 0.1) is 0 Å².